The topological polar surface area (TPSA) is 64.6 Å². The minimum Gasteiger partial charge on any atom is -0.460 e. The zero-order chi connectivity index (χ0) is 15.7. The number of rotatable bonds is 7. The molecule has 1 rings (SSSR count). The Labute approximate surface area is 127 Å². The lowest BCUT2D eigenvalue weighted by atomic mass is 9.81. The number of hydrogen-bond donors (Lipinski definition) is 1. The van der Waals surface area contributed by atoms with Crippen LogP contribution in [0.3, 0.4) is 0 Å². The molecule has 5 nitrogen and oxygen atoms in total. The van der Waals surface area contributed by atoms with Gasteiger partial charge in [0, 0.05) is 5.57 Å². The van der Waals surface area contributed by atoms with Gasteiger partial charge in [0.05, 0.1) is 6.54 Å². The van der Waals surface area contributed by atoms with E-state index in [4.69, 9.17) is 9.47 Å². The number of ether oxygens (including phenoxy) is 2. The molecule has 1 fully saturated rings. The van der Waals surface area contributed by atoms with E-state index in [1.807, 2.05) is 0 Å². The molecule has 0 aliphatic heterocycles. The molecule has 0 unspecified atom stereocenters. The molecule has 120 valence electrons. The SMILES string of the molecule is C=C(C)C(=O)OCCNC(=O)OC1(CCC)CCCCC1. The maximum atomic E-state index is 11.9. The summed E-state index contributed by atoms with van der Waals surface area (Å²) in [6.07, 6.45) is 6.82. The smallest absolute Gasteiger partial charge is 0.407 e. The van der Waals surface area contributed by atoms with E-state index in [0.717, 1.165) is 38.5 Å². The molecule has 0 saturated heterocycles. The molecule has 1 N–H and O–H groups in total. The van der Waals surface area contributed by atoms with Crippen LogP contribution in [0, 0.1) is 0 Å². The fraction of sp³-hybridized carbons (Fsp3) is 0.750. The lowest BCUT2D eigenvalue weighted by Gasteiger charge is -2.36. The van der Waals surface area contributed by atoms with Crippen molar-refractivity contribution in [3.05, 3.63) is 12.2 Å². The van der Waals surface area contributed by atoms with Gasteiger partial charge in [0.15, 0.2) is 0 Å². The van der Waals surface area contributed by atoms with Gasteiger partial charge in [0.2, 0.25) is 0 Å². The van der Waals surface area contributed by atoms with Gasteiger partial charge in [-0.25, -0.2) is 9.59 Å². The average Bonchev–Trinajstić information content (AvgIpc) is 2.44. The quantitative estimate of drug-likeness (QED) is 0.445. The van der Waals surface area contributed by atoms with Crippen molar-refractivity contribution in [1.29, 1.82) is 0 Å². The molecule has 0 spiro atoms. The van der Waals surface area contributed by atoms with Crippen molar-refractivity contribution in [1.82, 2.24) is 5.32 Å². The molecule has 0 radical (unpaired) electrons. The Balaban J connectivity index is 2.30. The fourth-order valence-electron chi connectivity index (χ4n) is 2.71. The van der Waals surface area contributed by atoms with Crippen LogP contribution in [-0.4, -0.2) is 30.8 Å². The van der Waals surface area contributed by atoms with Gasteiger partial charge in [-0.1, -0.05) is 26.3 Å². The monoisotopic (exact) mass is 297 g/mol. The van der Waals surface area contributed by atoms with Crippen LogP contribution < -0.4 is 5.32 Å². The molecule has 0 bridgehead atoms. The number of amides is 1. The lowest BCUT2D eigenvalue weighted by molar-refractivity contribution is -0.138. The summed E-state index contributed by atoms with van der Waals surface area (Å²) in [5.41, 5.74) is 0.0486. The highest BCUT2D eigenvalue weighted by molar-refractivity contribution is 5.86. The third-order valence-electron chi connectivity index (χ3n) is 3.73. The zero-order valence-corrected chi connectivity index (χ0v) is 13.2. The Morgan fingerprint density at radius 1 is 1.24 bits per heavy atom. The molecule has 1 aliphatic rings. The average molecular weight is 297 g/mol. The zero-order valence-electron chi connectivity index (χ0n) is 13.2. The van der Waals surface area contributed by atoms with Gasteiger partial charge < -0.3 is 14.8 Å². The second-order valence-corrected chi connectivity index (χ2v) is 5.73. The maximum absolute atomic E-state index is 11.9. The van der Waals surface area contributed by atoms with Crippen LogP contribution in [0.5, 0.6) is 0 Å². The van der Waals surface area contributed by atoms with Crippen molar-refractivity contribution in [3.8, 4) is 0 Å². The Kier molecular flexibility index (Phi) is 7.26. The summed E-state index contributed by atoms with van der Waals surface area (Å²) >= 11 is 0. The summed E-state index contributed by atoms with van der Waals surface area (Å²) in [5.74, 6) is -0.445. The summed E-state index contributed by atoms with van der Waals surface area (Å²) in [5, 5.41) is 2.64. The summed E-state index contributed by atoms with van der Waals surface area (Å²) in [6, 6.07) is 0. The van der Waals surface area contributed by atoms with Crippen LogP contribution in [0.1, 0.15) is 58.8 Å². The van der Waals surface area contributed by atoms with Crippen molar-refractivity contribution in [3.63, 3.8) is 0 Å². The first-order valence-corrected chi connectivity index (χ1v) is 7.78. The molecule has 1 aliphatic carbocycles. The molecule has 0 heterocycles. The van der Waals surface area contributed by atoms with E-state index in [-0.39, 0.29) is 18.8 Å². The first-order valence-electron chi connectivity index (χ1n) is 7.78. The highest BCUT2D eigenvalue weighted by Crippen LogP contribution is 2.35. The summed E-state index contributed by atoms with van der Waals surface area (Å²) in [4.78, 5) is 23.1. The second-order valence-electron chi connectivity index (χ2n) is 5.73. The van der Waals surface area contributed by atoms with Crippen LogP contribution in [0.2, 0.25) is 0 Å². The van der Waals surface area contributed by atoms with Gasteiger partial charge in [-0.2, -0.15) is 0 Å². The molecule has 0 aromatic heterocycles. The maximum Gasteiger partial charge on any atom is 0.407 e. The Morgan fingerprint density at radius 3 is 2.48 bits per heavy atom. The van der Waals surface area contributed by atoms with Crippen molar-refractivity contribution in [2.45, 2.75) is 64.4 Å². The van der Waals surface area contributed by atoms with Crippen LogP contribution in [0.25, 0.3) is 0 Å². The number of nitrogens with one attached hydrogen (secondary N) is 1. The van der Waals surface area contributed by atoms with Gasteiger partial charge in [0.1, 0.15) is 12.2 Å². The van der Waals surface area contributed by atoms with Gasteiger partial charge in [-0.3, -0.25) is 0 Å². The van der Waals surface area contributed by atoms with E-state index >= 15 is 0 Å². The molecule has 0 aromatic carbocycles. The van der Waals surface area contributed by atoms with E-state index in [9.17, 15) is 9.59 Å². The highest BCUT2D eigenvalue weighted by atomic mass is 16.6. The molecule has 0 atom stereocenters. The van der Waals surface area contributed by atoms with Gasteiger partial charge >= 0.3 is 12.1 Å². The predicted molar refractivity (Wildman–Crippen MR) is 81.0 cm³/mol. The number of carbonyl (C=O) groups excluding carboxylic acids is 2. The van der Waals surface area contributed by atoms with Crippen LogP contribution in [-0.2, 0) is 14.3 Å². The molecular formula is C16H27NO4. The predicted octanol–water partition coefficient (Wildman–Crippen LogP) is 3.33. The van der Waals surface area contributed by atoms with Gasteiger partial charge in [0.25, 0.3) is 0 Å². The first-order chi connectivity index (χ1) is 9.99. The van der Waals surface area contributed by atoms with Crippen molar-refractivity contribution in [2.24, 2.45) is 0 Å². The third kappa shape index (κ3) is 6.19. The van der Waals surface area contributed by atoms with Crippen LogP contribution >= 0.6 is 0 Å². The number of esters is 1. The Morgan fingerprint density at radius 2 is 1.90 bits per heavy atom. The molecular weight excluding hydrogens is 270 g/mol. The largest absolute Gasteiger partial charge is 0.460 e. The second kappa shape index (κ2) is 8.70. The molecule has 21 heavy (non-hydrogen) atoms. The van der Waals surface area contributed by atoms with Crippen molar-refractivity contribution in [2.75, 3.05) is 13.2 Å². The van der Waals surface area contributed by atoms with E-state index in [2.05, 4.69) is 18.8 Å². The fourth-order valence-corrected chi connectivity index (χ4v) is 2.71. The third-order valence-corrected chi connectivity index (χ3v) is 3.73. The van der Waals surface area contributed by atoms with Crippen LogP contribution in [0.15, 0.2) is 12.2 Å². The Bertz CT molecular complexity index is 367. The number of hydrogen-bond acceptors (Lipinski definition) is 4. The highest BCUT2D eigenvalue weighted by Gasteiger charge is 2.34. The van der Waals surface area contributed by atoms with Crippen LogP contribution in [0.4, 0.5) is 4.79 Å². The standard InChI is InChI=1S/C16H27NO4/c1-4-8-16(9-6-5-7-10-16)21-15(19)17-11-12-20-14(18)13(2)3/h2,4-12H2,1,3H3,(H,17,19). The Hall–Kier alpha value is -1.52. The molecule has 1 saturated carbocycles. The molecule has 0 aromatic rings. The summed E-state index contributed by atoms with van der Waals surface area (Å²) < 4.78 is 10.6. The van der Waals surface area contributed by atoms with E-state index < -0.39 is 12.1 Å². The van der Waals surface area contributed by atoms with Gasteiger partial charge in [-0.05, 0) is 39.0 Å². The minimum atomic E-state index is -0.445. The number of carbonyl (C=O) groups is 2. The van der Waals surface area contributed by atoms with E-state index in [1.54, 1.807) is 6.92 Å². The molecule has 1 amide bonds. The first kappa shape index (κ1) is 17.5. The van der Waals surface area contributed by atoms with Crippen molar-refractivity contribution >= 4 is 12.1 Å². The van der Waals surface area contributed by atoms with E-state index in [1.165, 1.54) is 6.42 Å². The number of alkyl carbamates (subject to hydrolysis) is 1. The van der Waals surface area contributed by atoms with Gasteiger partial charge in [-0.15, -0.1) is 0 Å². The summed E-state index contributed by atoms with van der Waals surface area (Å²) in [6.45, 7) is 7.56. The molecule has 5 heteroatoms. The minimum absolute atomic E-state index is 0.127. The van der Waals surface area contributed by atoms with Crippen molar-refractivity contribution < 1.29 is 19.1 Å². The normalized spacial score (nSPS) is 16.9. The summed E-state index contributed by atoms with van der Waals surface area (Å²) in [7, 11) is 0. The van der Waals surface area contributed by atoms with E-state index in [0.29, 0.717) is 5.57 Å². The lowest BCUT2D eigenvalue weighted by Crippen LogP contribution is -2.41.